The summed E-state index contributed by atoms with van der Waals surface area (Å²) >= 11 is 0. The van der Waals surface area contributed by atoms with Gasteiger partial charge in [-0.1, -0.05) is 71.4 Å². The van der Waals surface area contributed by atoms with Crippen LogP contribution in [0.15, 0.2) is 64.9 Å². The molecular formula is C37H39IrN2O3-. The van der Waals surface area contributed by atoms with Crippen molar-refractivity contribution in [2.45, 2.75) is 85.0 Å². The molecule has 0 fully saturated rings. The molecule has 0 atom stereocenters. The molecule has 1 N–H and O–H groups in total. The number of ketones is 1. The second-order valence-corrected chi connectivity index (χ2v) is 14.2. The average Bonchev–Trinajstić information content (AvgIpc) is 3.32. The van der Waals surface area contributed by atoms with Gasteiger partial charge in [-0.2, -0.15) is 0 Å². The summed E-state index contributed by atoms with van der Waals surface area (Å²) in [6.45, 7) is 19.1. The molecule has 0 bridgehead atoms. The van der Waals surface area contributed by atoms with Crippen molar-refractivity contribution in [2.75, 3.05) is 0 Å². The van der Waals surface area contributed by atoms with Crippen molar-refractivity contribution >= 4 is 55.2 Å². The van der Waals surface area contributed by atoms with Gasteiger partial charge in [-0.15, -0.1) is 12.1 Å². The summed E-state index contributed by atoms with van der Waals surface area (Å²) in [6.07, 6.45) is 4.59. The number of hydrogen-bond donors (Lipinski definition) is 1. The molecule has 3 heterocycles. The fourth-order valence-corrected chi connectivity index (χ4v) is 6.98. The molecule has 1 aliphatic rings. The molecule has 5 nitrogen and oxygen atoms in total. The number of pyridine rings is 1. The van der Waals surface area contributed by atoms with Gasteiger partial charge in [-0.25, -0.2) is 0 Å². The molecule has 0 spiro atoms. The monoisotopic (exact) mass is 752 g/mol. The van der Waals surface area contributed by atoms with E-state index in [-0.39, 0.29) is 47.9 Å². The molecule has 225 valence electrons. The van der Waals surface area contributed by atoms with Gasteiger partial charge in [0.05, 0.1) is 28.0 Å². The van der Waals surface area contributed by atoms with Crippen LogP contribution in [0, 0.1) is 6.07 Å². The number of aromatic nitrogens is 2. The zero-order valence-electron chi connectivity index (χ0n) is 26.4. The summed E-state index contributed by atoms with van der Waals surface area (Å²) in [6, 6.07) is 18.8. The van der Waals surface area contributed by atoms with Crippen LogP contribution in [-0.4, -0.2) is 20.3 Å². The number of benzene rings is 3. The van der Waals surface area contributed by atoms with Crippen molar-refractivity contribution in [3.63, 3.8) is 0 Å². The molecule has 0 aliphatic heterocycles. The van der Waals surface area contributed by atoms with E-state index in [4.69, 9.17) is 14.5 Å². The smallest absolute Gasteiger partial charge is 0.155 e. The third-order valence-electron chi connectivity index (χ3n) is 8.65. The van der Waals surface area contributed by atoms with E-state index < -0.39 is 0 Å². The Morgan fingerprint density at radius 3 is 2.28 bits per heavy atom. The van der Waals surface area contributed by atoms with Crippen LogP contribution < -0.4 is 0 Å². The van der Waals surface area contributed by atoms with Crippen LogP contribution in [0.25, 0.3) is 49.4 Å². The van der Waals surface area contributed by atoms with E-state index in [1.807, 2.05) is 12.1 Å². The molecule has 3 aromatic heterocycles. The summed E-state index contributed by atoms with van der Waals surface area (Å²) in [5.74, 6) is -0.0625. The Hall–Kier alpha value is -3.47. The van der Waals surface area contributed by atoms with Crippen molar-refractivity contribution in [2.24, 2.45) is 0 Å². The predicted molar refractivity (Wildman–Crippen MR) is 173 cm³/mol. The van der Waals surface area contributed by atoms with Gasteiger partial charge in [0.25, 0.3) is 0 Å². The number of carbonyl (C=O) groups excluding carboxylic acids is 1. The van der Waals surface area contributed by atoms with E-state index in [1.165, 1.54) is 47.5 Å². The predicted octanol–water partition coefficient (Wildman–Crippen LogP) is 9.63. The van der Waals surface area contributed by atoms with Gasteiger partial charge in [-0.05, 0) is 82.9 Å². The number of imidazole rings is 1. The largest absolute Gasteiger partial charge is 0.512 e. The summed E-state index contributed by atoms with van der Waals surface area (Å²) in [4.78, 5) is 15.2. The van der Waals surface area contributed by atoms with Crippen molar-refractivity contribution in [3.8, 4) is 0 Å². The Balaban J connectivity index is 0.000000415. The van der Waals surface area contributed by atoms with Crippen LogP contribution in [0.2, 0.25) is 0 Å². The summed E-state index contributed by atoms with van der Waals surface area (Å²) < 4.78 is 8.69. The van der Waals surface area contributed by atoms with Gasteiger partial charge in [0.15, 0.2) is 5.78 Å². The first-order chi connectivity index (χ1) is 19.6. The minimum Gasteiger partial charge on any atom is -0.512 e. The van der Waals surface area contributed by atoms with Gasteiger partial charge in [0.1, 0.15) is 5.58 Å². The number of hydrogen-bond acceptors (Lipinski definition) is 4. The van der Waals surface area contributed by atoms with Crippen LogP contribution in [0.1, 0.15) is 85.4 Å². The Labute approximate surface area is 266 Å². The Bertz CT molecular complexity index is 2100. The average molecular weight is 752 g/mol. The maximum Gasteiger partial charge on any atom is 0.155 e. The van der Waals surface area contributed by atoms with E-state index in [9.17, 15) is 4.79 Å². The maximum atomic E-state index is 10.0. The third kappa shape index (κ3) is 5.19. The van der Waals surface area contributed by atoms with E-state index >= 15 is 0 Å². The van der Waals surface area contributed by atoms with Crippen LogP contribution >= 0.6 is 0 Å². The number of allylic oxidation sites excluding steroid dienone is 2. The topological polar surface area (TPSA) is 67.7 Å². The summed E-state index contributed by atoms with van der Waals surface area (Å²) in [7, 11) is 0. The minimum absolute atomic E-state index is 0. The Kier molecular flexibility index (Phi) is 7.43. The minimum atomic E-state index is -0.125. The zero-order valence-corrected chi connectivity index (χ0v) is 28.8. The number of aliphatic hydroxyl groups excluding tert-OH is 1. The second kappa shape index (κ2) is 10.3. The number of aliphatic hydroxyl groups is 1. The quantitative estimate of drug-likeness (QED) is 0.0598. The molecule has 6 heteroatoms. The normalized spacial score (nSPS) is 16.0. The van der Waals surface area contributed by atoms with E-state index in [0.29, 0.717) is 0 Å². The molecule has 0 amide bonds. The molecule has 1 aliphatic carbocycles. The van der Waals surface area contributed by atoms with Crippen LogP contribution in [0.4, 0.5) is 0 Å². The fraction of sp³-hybridized carbons (Fsp3) is 0.351. The van der Waals surface area contributed by atoms with E-state index in [0.717, 1.165) is 44.9 Å². The molecule has 7 rings (SSSR count). The van der Waals surface area contributed by atoms with Crippen LogP contribution in [0.5, 0.6) is 0 Å². The summed E-state index contributed by atoms with van der Waals surface area (Å²) in [5.41, 5.74) is 9.47. The Morgan fingerprint density at radius 1 is 1.00 bits per heavy atom. The molecule has 6 aromatic rings. The molecular weight excluding hydrogens is 713 g/mol. The summed E-state index contributed by atoms with van der Waals surface area (Å²) in [5, 5.41) is 12.8. The van der Waals surface area contributed by atoms with Gasteiger partial charge in [0, 0.05) is 37.8 Å². The number of nitrogens with zero attached hydrogens (tertiary/aromatic N) is 2. The third-order valence-corrected chi connectivity index (χ3v) is 8.65. The fourth-order valence-electron chi connectivity index (χ4n) is 6.98. The van der Waals surface area contributed by atoms with Gasteiger partial charge in [-0.3, -0.25) is 9.78 Å². The standard InChI is InChI=1S/C32H31N2O.C5H8O2.Ir/c1-30(2,3)18-11-12-26-20(13-18)21-16-34-25-15-23-22(31(4,5)17-32(23,6)7)14-24(25)33-29(34)19-9-8-10-27(35-26)28(19)21;1-4(6)3-5(2)7;/h8,10-16H,17H2,1-7H3;3,6H,1-2H3;/q-1;;. The molecule has 1 radical (unpaired) electrons. The van der Waals surface area contributed by atoms with Crippen LogP contribution in [-0.2, 0) is 41.1 Å². The van der Waals surface area contributed by atoms with Crippen molar-refractivity contribution in [1.82, 2.24) is 9.38 Å². The van der Waals surface area contributed by atoms with Crippen molar-refractivity contribution < 1.29 is 34.4 Å². The van der Waals surface area contributed by atoms with Crippen LogP contribution in [0.3, 0.4) is 0 Å². The van der Waals surface area contributed by atoms with Crippen molar-refractivity contribution in [3.05, 3.63) is 83.3 Å². The second-order valence-electron chi connectivity index (χ2n) is 14.2. The van der Waals surface area contributed by atoms with Gasteiger partial charge < -0.3 is 13.9 Å². The first-order valence-electron chi connectivity index (χ1n) is 14.6. The molecule has 0 unspecified atom stereocenters. The van der Waals surface area contributed by atoms with Gasteiger partial charge >= 0.3 is 0 Å². The molecule has 3 aromatic carbocycles. The Morgan fingerprint density at radius 2 is 1.67 bits per heavy atom. The first kappa shape index (κ1) is 31.0. The first-order valence-corrected chi connectivity index (χ1v) is 14.6. The number of carbonyl (C=O) groups is 1. The maximum absolute atomic E-state index is 10.0. The van der Waals surface area contributed by atoms with E-state index in [1.54, 1.807) is 0 Å². The number of fused-ring (bicyclic) bond motifs is 7. The van der Waals surface area contributed by atoms with Gasteiger partial charge in [0.2, 0.25) is 0 Å². The van der Waals surface area contributed by atoms with Crippen molar-refractivity contribution in [1.29, 1.82) is 0 Å². The molecule has 0 saturated carbocycles. The molecule has 0 saturated heterocycles. The SMILES string of the molecule is CC(=O)C=C(C)O.CC(C)(C)c1ccc2oc3cc[c-]c4c3c(cn3c5cc6c(cc5nc43)C(C)(C)CC6(C)C)c2c1.[Ir]. The van der Waals surface area contributed by atoms with E-state index in [2.05, 4.69) is 95.5 Å². The zero-order chi connectivity index (χ0) is 30.4. The number of rotatable bonds is 1. The molecule has 43 heavy (non-hydrogen) atoms.